The summed E-state index contributed by atoms with van der Waals surface area (Å²) in [6.07, 6.45) is 2.56. The van der Waals surface area contributed by atoms with E-state index in [1.54, 1.807) is 24.3 Å². The average molecular weight is 641 g/mol. The number of piperidine rings is 1. The molecule has 248 valence electrons. The van der Waals surface area contributed by atoms with Gasteiger partial charge in [0.15, 0.2) is 0 Å². The van der Waals surface area contributed by atoms with Crippen LogP contribution in [-0.4, -0.2) is 49.1 Å². The van der Waals surface area contributed by atoms with Crippen molar-refractivity contribution in [2.75, 3.05) is 36.8 Å². The van der Waals surface area contributed by atoms with Crippen LogP contribution in [0.1, 0.15) is 74.7 Å². The number of alkyl halides is 3. The Morgan fingerprint density at radius 1 is 0.826 bits per heavy atom. The van der Waals surface area contributed by atoms with Gasteiger partial charge in [-0.25, -0.2) is 4.79 Å². The van der Waals surface area contributed by atoms with E-state index in [1.165, 1.54) is 49.2 Å². The van der Waals surface area contributed by atoms with Crippen molar-refractivity contribution >= 4 is 23.3 Å². The minimum absolute atomic E-state index is 0.0238. The normalized spacial score (nSPS) is 14.0. The highest BCUT2D eigenvalue weighted by Gasteiger charge is 2.35. The van der Waals surface area contributed by atoms with E-state index in [-0.39, 0.29) is 23.6 Å². The first kappa shape index (κ1) is 34.6. The van der Waals surface area contributed by atoms with Crippen LogP contribution in [0.5, 0.6) is 17.2 Å². The first-order valence-corrected chi connectivity index (χ1v) is 16.0. The predicted octanol–water partition coefficient (Wildman–Crippen LogP) is 8.71. The lowest BCUT2D eigenvalue weighted by atomic mass is 10.1. The largest absolute Gasteiger partial charge is 0.490 e. The number of nitrogens with zero attached hydrogens (tertiary/aromatic N) is 1. The van der Waals surface area contributed by atoms with E-state index in [9.17, 15) is 22.8 Å². The maximum absolute atomic E-state index is 14.0. The van der Waals surface area contributed by atoms with Gasteiger partial charge in [-0.1, -0.05) is 33.1 Å². The van der Waals surface area contributed by atoms with Gasteiger partial charge in [0.05, 0.1) is 0 Å². The molecule has 3 aromatic rings. The Hall–Kier alpha value is -4.25. The third-order valence-corrected chi connectivity index (χ3v) is 7.73. The summed E-state index contributed by atoms with van der Waals surface area (Å²) in [4.78, 5) is 27.3. The quantitative estimate of drug-likeness (QED) is 0.153. The molecule has 3 aromatic carbocycles. The summed E-state index contributed by atoms with van der Waals surface area (Å²) in [5, 5.41) is 7.98. The monoisotopic (exact) mass is 640 g/mol. The zero-order chi connectivity index (χ0) is 32.9. The number of unbranched alkanes of at least 4 members (excludes halogenated alkanes) is 3. The summed E-state index contributed by atoms with van der Waals surface area (Å²) in [6.45, 7) is 7.92. The summed E-state index contributed by atoms with van der Waals surface area (Å²) in [7, 11) is 0. The van der Waals surface area contributed by atoms with Crippen molar-refractivity contribution in [3.63, 3.8) is 0 Å². The fourth-order valence-corrected chi connectivity index (χ4v) is 5.12. The Bertz CT molecular complexity index is 1410. The zero-order valence-electron chi connectivity index (χ0n) is 26.4. The highest BCUT2D eigenvalue weighted by Crippen LogP contribution is 2.40. The third-order valence-electron chi connectivity index (χ3n) is 7.73. The van der Waals surface area contributed by atoms with E-state index in [2.05, 4.69) is 34.7 Å². The number of hydrogen-bond acceptors (Lipinski definition) is 5. The zero-order valence-corrected chi connectivity index (χ0v) is 26.4. The number of urea groups is 1. The van der Waals surface area contributed by atoms with Gasteiger partial charge in [-0.15, -0.1) is 0 Å². The average Bonchev–Trinajstić information content (AvgIpc) is 3.04. The van der Waals surface area contributed by atoms with Crippen LogP contribution in [0.15, 0.2) is 66.7 Å². The predicted molar refractivity (Wildman–Crippen MR) is 174 cm³/mol. The van der Waals surface area contributed by atoms with E-state index in [1.807, 2.05) is 0 Å². The second kappa shape index (κ2) is 16.9. The fourth-order valence-electron chi connectivity index (χ4n) is 5.12. The molecule has 0 aliphatic carbocycles. The molecule has 0 spiro atoms. The molecule has 8 nitrogen and oxygen atoms in total. The number of nitrogens with one attached hydrogen (secondary N) is 3. The number of anilines is 2. The molecule has 1 heterocycles. The highest BCUT2D eigenvalue weighted by molar-refractivity contribution is 6.04. The second-order valence-corrected chi connectivity index (χ2v) is 11.4. The highest BCUT2D eigenvalue weighted by atomic mass is 19.4. The van der Waals surface area contributed by atoms with Gasteiger partial charge < -0.3 is 30.3 Å². The van der Waals surface area contributed by atoms with Gasteiger partial charge in [-0.2, -0.15) is 13.2 Å². The molecule has 0 unspecified atom stereocenters. The van der Waals surface area contributed by atoms with Gasteiger partial charge in [-0.3, -0.25) is 4.79 Å². The molecule has 11 heteroatoms. The van der Waals surface area contributed by atoms with Gasteiger partial charge in [0, 0.05) is 36.6 Å². The van der Waals surface area contributed by atoms with Crippen LogP contribution in [0.4, 0.5) is 29.3 Å². The van der Waals surface area contributed by atoms with Gasteiger partial charge in [0.1, 0.15) is 28.9 Å². The molecule has 0 saturated carbocycles. The van der Waals surface area contributed by atoms with Gasteiger partial charge in [0.25, 0.3) is 5.91 Å². The molecule has 1 aliphatic heterocycles. The smallest absolute Gasteiger partial charge is 0.420 e. The molecule has 3 N–H and O–H groups in total. The number of benzene rings is 3. The van der Waals surface area contributed by atoms with Crippen LogP contribution in [0, 0.1) is 0 Å². The molecule has 1 saturated heterocycles. The molecule has 1 fully saturated rings. The summed E-state index contributed by atoms with van der Waals surface area (Å²) in [5.74, 6) is -0.160. The van der Waals surface area contributed by atoms with Crippen LogP contribution in [0.25, 0.3) is 0 Å². The van der Waals surface area contributed by atoms with Crippen molar-refractivity contribution in [3.05, 3.63) is 77.9 Å². The standard InChI is InChI=1S/C35H43F3N4O4/c1-3-5-7-20-39-34(44)41-26-10-15-29(16-11-26)46-32-17-12-27(24-31(32)35(36,37)38)40-33(43)25-8-13-28(14-9-25)45-30-18-22-42(23-19-30)21-6-4-2/h8-17,24,30H,3-7,18-23H2,1-2H3,(H,40,43)(H2,39,41,44). The maximum atomic E-state index is 14.0. The Balaban J connectivity index is 1.33. The van der Waals surface area contributed by atoms with Crippen molar-refractivity contribution < 1.29 is 32.2 Å². The van der Waals surface area contributed by atoms with E-state index in [0.29, 0.717) is 23.5 Å². The fraction of sp³-hybridized carbons (Fsp3) is 0.429. The molecule has 4 rings (SSSR count). The third kappa shape index (κ3) is 10.7. The number of hydrogen-bond donors (Lipinski definition) is 3. The van der Waals surface area contributed by atoms with Crippen molar-refractivity contribution in [1.82, 2.24) is 10.2 Å². The number of amides is 3. The van der Waals surface area contributed by atoms with Crippen molar-refractivity contribution in [2.24, 2.45) is 0 Å². The van der Waals surface area contributed by atoms with Crippen LogP contribution in [0.2, 0.25) is 0 Å². The summed E-state index contributed by atoms with van der Waals surface area (Å²) in [6, 6.07) is 15.6. The number of likely N-dealkylation sites (tertiary alicyclic amines) is 1. The second-order valence-electron chi connectivity index (χ2n) is 11.4. The molecule has 0 radical (unpaired) electrons. The van der Waals surface area contributed by atoms with E-state index < -0.39 is 23.4 Å². The lowest BCUT2D eigenvalue weighted by molar-refractivity contribution is -0.138. The number of halogens is 3. The molecule has 0 aromatic heterocycles. The van der Waals surface area contributed by atoms with Crippen LogP contribution in [0.3, 0.4) is 0 Å². The minimum Gasteiger partial charge on any atom is -0.490 e. The number of ether oxygens (including phenoxy) is 2. The molecule has 0 atom stereocenters. The Morgan fingerprint density at radius 3 is 2.13 bits per heavy atom. The van der Waals surface area contributed by atoms with Crippen LogP contribution in [-0.2, 0) is 6.18 Å². The van der Waals surface area contributed by atoms with Gasteiger partial charge >= 0.3 is 12.2 Å². The SMILES string of the molecule is CCCCCNC(=O)Nc1ccc(Oc2ccc(NC(=O)c3ccc(OC4CCN(CCCC)CC4)cc3)cc2C(F)(F)F)cc1. The lowest BCUT2D eigenvalue weighted by Crippen LogP contribution is -2.38. The molecular weight excluding hydrogens is 597 g/mol. The molecule has 3 amide bonds. The molecule has 46 heavy (non-hydrogen) atoms. The van der Waals surface area contributed by atoms with Crippen molar-refractivity contribution in [2.45, 2.75) is 71.1 Å². The Labute approximate surface area is 268 Å². The number of rotatable bonds is 14. The lowest BCUT2D eigenvalue weighted by Gasteiger charge is -2.32. The number of carbonyl (C=O) groups is 2. The summed E-state index contributed by atoms with van der Waals surface area (Å²) in [5.41, 5.74) is -0.302. The maximum Gasteiger partial charge on any atom is 0.420 e. The topological polar surface area (TPSA) is 91.9 Å². The van der Waals surface area contributed by atoms with Crippen LogP contribution >= 0.6 is 0 Å². The van der Waals surface area contributed by atoms with E-state index in [4.69, 9.17) is 9.47 Å². The van der Waals surface area contributed by atoms with E-state index in [0.717, 1.165) is 57.8 Å². The Kier molecular flexibility index (Phi) is 12.7. The first-order valence-electron chi connectivity index (χ1n) is 16.0. The summed E-state index contributed by atoms with van der Waals surface area (Å²) >= 11 is 0. The Morgan fingerprint density at radius 2 is 1.48 bits per heavy atom. The molecular formula is C35H43F3N4O4. The van der Waals surface area contributed by atoms with Crippen molar-refractivity contribution in [1.29, 1.82) is 0 Å². The summed E-state index contributed by atoms with van der Waals surface area (Å²) < 4.78 is 53.7. The minimum atomic E-state index is -4.74. The first-order chi connectivity index (χ1) is 22.1. The molecule has 1 aliphatic rings. The number of carbonyl (C=O) groups excluding carboxylic acids is 2. The van der Waals surface area contributed by atoms with Gasteiger partial charge in [-0.05, 0) is 99.0 Å². The van der Waals surface area contributed by atoms with Gasteiger partial charge in [0.2, 0.25) is 0 Å². The molecule has 0 bridgehead atoms. The van der Waals surface area contributed by atoms with Crippen molar-refractivity contribution in [3.8, 4) is 17.2 Å². The van der Waals surface area contributed by atoms with Crippen LogP contribution < -0.4 is 25.4 Å². The van der Waals surface area contributed by atoms with E-state index >= 15 is 0 Å².